The molecule has 1 aliphatic rings. The summed E-state index contributed by atoms with van der Waals surface area (Å²) in [6.07, 6.45) is -3.89. The number of hydrogen-bond acceptors (Lipinski definition) is 2. The van der Waals surface area contributed by atoms with Crippen LogP contribution in [0.5, 0.6) is 0 Å². The standard InChI is InChI=1S/C18H16F4N2O/c19-15-6-4-13(5-7-15)17-9-16(25-24-17)11-23-10-12-2-1-3-14(8-12)18(20,21)22/h1-8,16,23H,9-11H2/p+1/t16-/m1/s1. The van der Waals surface area contributed by atoms with Gasteiger partial charge in [-0.05, 0) is 29.8 Å². The molecular weight excluding hydrogens is 336 g/mol. The smallest absolute Gasteiger partial charge is 0.386 e. The zero-order chi connectivity index (χ0) is 17.9. The Balaban J connectivity index is 1.49. The molecule has 0 bridgehead atoms. The van der Waals surface area contributed by atoms with Crippen molar-refractivity contribution in [1.29, 1.82) is 0 Å². The van der Waals surface area contributed by atoms with E-state index in [1.54, 1.807) is 18.2 Å². The fraction of sp³-hybridized carbons (Fsp3) is 0.278. The van der Waals surface area contributed by atoms with Crippen LogP contribution in [-0.4, -0.2) is 18.4 Å². The number of quaternary nitrogens is 1. The van der Waals surface area contributed by atoms with Crippen molar-refractivity contribution in [2.45, 2.75) is 25.2 Å². The van der Waals surface area contributed by atoms with Crippen molar-refractivity contribution in [1.82, 2.24) is 0 Å². The molecule has 0 saturated carbocycles. The van der Waals surface area contributed by atoms with Crippen LogP contribution >= 0.6 is 0 Å². The van der Waals surface area contributed by atoms with Gasteiger partial charge in [0, 0.05) is 12.0 Å². The lowest BCUT2D eigenvalue weighted by Gasteiger charge is -2.09. The van der Waals surface area contributed by atoms with Gasteiger partial charge in [-0.3, -0.25) is 0 Å². The van der Waals surface area contributed by atoms with E-state index in [1.165, 1.54) is 18.2 Å². The Labute approximate surface area is 142 Å². The molecule has 0 unspecified atom stereocenters. The van der Waals surface area contributed by atoms with Crippen LogP contribution in [-0.2, 0) is 17.6 Å². The van der Waals surface area contributed by atoms with Gasteiger partial charge in [-0.15, -0.1) is 0 Å². The second kappa shape index (κ2) is 7.23. The van der Waals surface area contributed by atoms with Crippen LogP contribution in [0.25, 0.3) is 0 Å². The van der Waals surface area contributed by atoms with Gasteiger partial charge in [0.05, 0.1) is 11.3 Å². The Hall–Kier alpha value is -2.41. The van der Waals surface area contributed by atoms with Gasteiger partial charge in [0.15, 0.2) is 6.10 Å². The molecule has 0 aromatic heterocycles. The monoisotopic (exact) mass is 353 g/mol. The van der Waals surface area contributed by atoms with Gasteiger partial charge in [-0.25, -0.2) is 4.39 Å². The van der Waals surface area contributed by atoms with Gasteiger partial charge >= 0.3 is 6.18 Å². The second-order valence-electron chi connectivity index (χ2n) is 5.90. The van der Waals surface area contributed by atoms with Gasteiger partial charge in [0.25, 0.3) is 0 Å². The van der Waals surface area contributed by atoms with Crippen molar-refractivity contribution in [2.75, 3.05) is 6.54 Å². The van der Waals surface area contributed by atoms with Crippen molar-refractivity contribution < 1.29 is 27.7 Å². The number of rotatable bonds is 5. The summed E-state index contributed by atoms with van der Waals surface area (Å²) < 4.78 is 51.0. The van der Waals surface area contributed by atoms with E-state index in [2.05, 4.69) is 5.16 Å². The summed E-state index contributed by atoms with van der Waals surface area (Å²) >= 11 is 0. The topological polar surface area (TPSA) is 38.2 Å². The number of oxime groups is 1. The Morgan fingerprint density at radius 3 is 2.60 bits per heavy atom. The first-order chi connectivity index (χ1) is 11.9. The maximum atomic E-state index is 12.9. The predicted molar refractivity (Wildman–Crippen MR) is 84.4 cm³/mol. The normalized spacial score (nSPS) is 17.3. The van der Waals surface area contributed by atoms with Crippen LogP contribution in [0.3, 0.4) is 0 Å². The molecule has 2 N–H and O–H groups in total. The number of benzene rings is 2. The van der Waals surface area contributed by atoms with E-state index in [-0.39, 0.29) is 11.9 Å². The molecule has 2 aromatic carbocycles. The molecular formula is C18H17F4N2O+. The average Bonchev–Trinajstić information content (AvgIpc) is 3.04. The molecule has 0 radical (unpaired) electrons. The van der Waals surface area contributed by atoms with Crippen molar-refractivity contribution in [2.24, 2.45) is 5.16 Å². The SMILES string of the molecule is Fc1ccc(C2=NO[C@@H](C[NH2+]Cc3cccc(C(F)(F)F)c3)C2)cc1. The van der Waals surface area contributed by atoms with Crippen molar-refractivity contribution in [3.63, 3.8) is 0 Å². The molecule has 0 spiro atoms. The highest BCUT2D eigenvalue weighted by Gasteiger charge is 2.30. The minimum absolute atomic E-state index is 0.147. The summed E-state index contributed by atoms with van der Waals surface area (Å²) in [5.41, 5.74) is 1.52. The molecule has 0 saturated heterocycles. The molecule has 1 heterocycles. The zero-order valence-electron chi connectivity index (χ0n) is 13.3. The molecule has 3 nitrogen and oxygen atoms in total. The molecule has 132 valence electrons. The largest absolute Gasteiger partial charge is 0.416 e. The van der Waals surface area contributed by atoms with Gasteiger partial charge in [-0.1, -0.05) is 29.4 Å². The van der Waals surface area contributed by atoms with E-state index < -0.39 is 11.7 Å². The van der Waals surface area contributed by atoms with Gasteiger partial charge in [-0.2, -0.15) is 13.2 Å². The summed E-state index contributed by atoms with van der Waals surface area (Å²) in [7, 11) is 0. The summed E-state index contributed by atoms with van der Waals surface area (Å²) in [5, 5.41) is 5.91. The first-order valence-corrected chi connectivity index (χ1v) is 7.88. The molecule has 0 amide bonds. The van der Waals surface area contributed by atoms with Crippen LogP contribution in [0.4, 0.5) is 17.6 Å². The molecule has 1 aliphatic heterocycles. The first kappa shape index (κ1) is 17.4. The van der Waals surface area contributed by atoms with Crippen molar-refractivity contribution >= 4 is 5.71 Å². The van der Waals surface area contributed by atoms with Crippen LogP contribution in [0.15, 0.2) is 53.7 Å². The summed E-state index contributed by atoms with van der Waals surface area (Å²) in [5.74, 6) is -0.311. The maximum absolute atomic E-state index is 12.9. The van der Waals surface area contributed by atoms with Gasteiger partial charge in [0.2, 0.25) is 0 Å². The van der Waals surface area contributed by atoms with Crippen LogP contribution < -0.4 is 5.32 Å². The second-order valence-corrected chi connectivity index (χ2v) is 5.90. The number of hydrogen-bond donors (Lipinski definition) is 1. The number of nitrogens with two attached hydrogens (primary N) is 1. The van der Waals surface area contributed by atoms with E-state index >= 15 is 0 Å². The van der Waals surface area contributed by atoms with E-state index in [9.17, 15) is 17.6 Å². The zero-order valence-corrected chi connectivity index (χ0v) is 13.3. The molecule has 1 atom stereocenters. The van der Waals surface area contributed by atoms with Crippen LogP contribution in [0.1, 0.15) is 23.1 Å². The van der Waals surface area contributed by atoms with Crippen molar-refractivity contribution in [3.05, 3.63) is 71.0 Å². The fourth-order valence-corrected chi connectivity index (χ4v) is 2.68. The quantitative estimate of drug-likeness (QED) is 0.825. The molecule has 0 fully saturated rings. The lowest BCUT2D eigenvalue weighted by atomic mass is 10.0. The lowest BCUT2D eigenvalue weighted by Crippen LogP contribution is -2.84. The third-order valence-electron chi connectivity index (χ3n) is 3.97. The van der Waals surface area contributed by atoms with Crippen LogP contribution in [0.2, 0.25) is 0 Å². The third kappa shape index (κ3) is 4.57. The molecule has 3 rings (SSSR count). The lowest BCUT2D eigenvalue weighted by molar-refractivity contribution is -0.676. The van der Waals surface area contributed by atoms with Crippen LogP contribution in [0, 0.1) is 5.82 Å². The van der Waals surface area contributed by atoms with E-state index in [4.69, 9.17) is 4.84 Å². The van der Waals surface area contributed by atoms with Gasteiger partial charge in [0.1, 0.15) is 18.9 Å². The number of nitrogens with zero attached hydrogens (tertiary/aromatic N) is 1. The van der Waals surface area contributed by atoms with E-state index in [1.807, 2.05) is 5.32 Å². The Morgan fingerprint density at radius 2 is 1.88 bits per heavy atom. The highest BCUT2D eigenvalue weighted by atomic mass is 19.4. The average molecular weight is 353 g/mol. The summed E-state index contributed by atoms with van der Waals surface area (Å²) in [4.78, 5) is 5.35. The Kier molecular flexibility index (Phi) is 5.03. The minimum Gasteiger partial charge on any atom is -0.386 e. The summed E-state index contributed by atoms with van der Waals surface area (Å²) in [6, 6.07) is 11.3. The molecule has 2 aromatic rings. The Bertz CT molecular complexity index is 756. The Morgan fingerprint density at radius 1 is 1.12 bits per heavy atom. The number of halogens is 4. The molecule has 7 heteroatoms. The minimum atomic E-state index is -4.33. The predicted octanol–water partition coefficient (Wildman–Crippen LogP) is 3.10. The van der Waals surface area contributed by atoms with E-state index in [0.29, 0.717) is 25.1 Å². The molecule has 0 aliphatic carbocycles. The number of alkyl halides is 3. The fourth-order valence-electron chi connectivity index (χ4n) is 2.68. The van der Waals surface area contributed by atoms with E-state index in [0.717, 1.165) is 23.4 Å². The third-order valence-corrected chi connectivity index (χ3v) is 3.97. The first-order valence-electron chi connectivity index (χ1n) is 7.88. The molecule has 25 heavy (non-hydrogen) atoms. The van der Waals surface area contributed by atoms with Gasteiger partial charge < -0.3 is 10.2 Å². The summed E-state index contributed by atoms with van der Waals surface area (Å²) in [6.45, 7) is 1.00. The highest BCUT2D eigenvalue weighted by molar-refractivity contribution is 6.01. The van der Waals surface area contributed by atoms with Crippen molar-refractivity contribution in [3.8, 4) is 0 Å². The maximum Gasteiger partial charge on any atom is 0.416 e. The highest BCUT2D eigenvalue weighted by Crippen LogP contribution is 2.29.